The molecule has 0 aliphatic heterocycles. The van der Waals surface area contributed by atoms with Gasteiger partial charge in [-0.1, -0.05) is 36.5 Å². The van der Waals surface area contributed by atoms with E-state index in [0.717, 1.165) is 12.0 Å². The van der Waals surface area contributed by atoms with E-state index in [4.69, 9.17) is 32.7 Å². The lowest BCUT2D eigenvalue weighted by atomic mass is 10.1. The van der Waals surface area contributed by atoms with Gasteiger partial charge in [-0.05, 0) is 6.42 Å². The van der Waals surface area contributed by atoms with Crippen LogP contribution < -0.4 is 14.8 Å². The molecule has 2 heterocycles. The van der Waals surface area contributed by atoms with Gasteiger partial charge in [0.2, 0.25) is 0 Å². The molecule has 0 atom stereocenters. The Bertz CT molecular complexity index is 839. The molecule has 7 nitrogen and oxygen atoms in total. The first-order valence-electron chi connectivity index (χ1n) is 7.38. The third kappa shape index (κ3) is 4.05. The molecule has 0 saturated carbocycles. The van der Waals surface area contributed by atoms with E-state index in [9.17, 15) is 10.0 Å². The van der Waals surface area contributed by atoms with Gasteiger partial charge in [-0.25, -0.2) is 9.98 Å². The summed E-state index contributed by atoms with van der Waals surface area (Å²) < 4.78 is 11.3. The first kappa shape index (κ1) is 19.1. The van der Waals surface area contributed by atoms with Crippen molar-refractivity contribution in [2.45, 2.75) is 19.8 Å². The highest BCUT2D eigenvalue weighted by atomic mass is 35.5. The normalized spacial score (nSPS) is 10.4. The van der Waals surface area contributed by atoms with Crippen LogP contribution in [0.4, 0.5) is 0 Å². The summed E-state index contributed by atoms with van der Waals surface area (Å²) in [5.74, 6) is 0.166. The molecule has 0 spiro atoms. The summed E-state index contributed by atoms with van der Waals surface area (Å²) >= 11 is 12.0. The van der Waals surface area contributed by atoms with Crippen LogP contribution in [0.15, 0.2) is 23.6 Å². The average Bonchev–Trinajstić information content (AvgIpc) is 2.57. The Morgan fingerprint density at radius 1 is 1.28 bits per heavy atom. The van der Waals surface area contributed by atoms with Crippen LogP contribution in [0.25, 0.3) is 0 Å². The number of nitrogens with zero attached hydrogens (tertiary/aromatic N) is 3. The van der Waals surface area contributed by atoms with Gasteiger partial charge in [0.1, 0.15) is 11.1 Å². The summed E-state index contributed by atoms with van der Waals surface area (Å²) in [6.07, 6.45) is 5.26. The lowest BCUT2D eigenvalue weighted by molar-refractivity contribution is 0.0990. The monoisotopic (exact) mass is 385 g/mol. The van der Waals surface area contributed by atoms with Crippen molar-refractivity contribution < 1.29 is 19.5 Å². The van der Waals surface area contributed by atoms with Crippen molar-refractivity contribution in [1.29, 1.82) is 0 Å². The largest absolute Gasteiger partial charge is 0.495 e. The molecule has 0 saturated heterocycles. The van der Waals surface area contributed by atoms with E-state index in [-0.39, 0.29) is 21.1 Å². The molecule has 25 heavy (non-hydrogen) atoms. The molecule has 0 aliphatic carbocycles. The van der Waals surface area contributed by atoms with Crippen molar-refractivity contribution in [2.24, 2.45) is 4.99 Å². The zero-order chi connectivity index (χ0) is 18.6. The predicted molar refractivity (Wildman–Crippen MR) is 92.9 cm³/mol. The maximum atomic E-state index is 12.6. The van der Waals surface area contributed by atoms with E-state index in [1.165, 1.54) is 32.8 Å². The van der Waals surface area contributed by atoms with Crippen LogP contribution >= 0.6 is 23.2 Å². The molecule has 0 aromatic carbocycles. The maximum Gasteiger partial charge on any atom is 0.300 e. The molecule has 134 valence electrons. The Hall–Kier alpha value is -2.25. The van der Waals surface area contributed by atoms with Crippen molar-refractivity contribution in [3.8, 4) is 11.5 Å². The van der Waals surface area contributed by atoms with Gasteiger partial charge in [0, 0.05) is 5.56 Å². The second-order valence-corrected chi connectivity index (χ2v) is 5.85. The fourth-order valence-electron chi connectivity index (χ4n) is 2.32. The SMILES string of the molecule is CCCc1c(OC)cnc(C(=O)N=c2c(Cl)cn(O)cc2Cl)c1OC. The van der Waals surface area contributed by atoms with E-state index < -0.39 is 5.91 Å². The van der Waals surface area contributed by atoms with Crippen LogP contribution in [0, 0.1) is 0 Å². The maximum absolute atomic E-state index is 12.6. The molecule has 0 radical (unpaired) electrons. The lowest BCUT2D eigenvalue weighted by Gasteiger charge is -2.14. The first-order valence-corrected chi connectivity index (χ1v) is 8.13. The number of amides is 1. The van der Waals surface area contributed by atoms with Gasteiger partial charge in [-0.15, -0.1) is 0 Å². The van der Waals surface area contributed by atoms with Gasteiger partial charge >= 0.3 is 0 Å². The molecule has 2 aromatic rings. The Balaban J connectivity index is 2.61. The first-order chi connectivity index (χ1) is 11.9. The molecular weight excluding hydrogens is 369 g/mol. The fourth-order valence-corrected chi connectivity index (χ4v) is 2.85. The highest BCUT2D eigenvalue weighted by molar-refractivity contribution is 6.34. The van der Waals surface area contributed by atoms with Gasteiger partial charge < -0.3 is 14.7 Å². The van der Waals surface area contributed by atoms with Gasteiger partial charge in [0.25, 0.3) is 5.91 Å². The molecule has 0 aliphatic rings. The summed E-state index contributed by atoms with van der Waals surface area (Å²) in [6, 6.07) is 0. The van der Waals surface area contributed by atoms with Crippen molar-refractivity contribution in [3.63, 3.8) is 0 Å². The highest BCUT2D eigenvalue weighted by Gasteiger charge is 2.21. The van der Waals surface area contributed by atoms with E-state index in [2.05, 4.69) is 9.98 Å². The number of carbonyl (C=O) groups excluding carboxylic acids is 1. The lowest BCUT2D eigenvalue weighted by Crippen LogP contribution is -2.14. The van der Waals surface area contributed by atoms with Crippen molar-refractivity contribution >= 4 is 29.1 Å². The third-order valence-electron chi connectivity index (χ3n) is 3.38. The Morgan fingerprint density at radius 2 is 1.92 bits per heavy atom. The number of hydrogen-bond donors (Lipinski definition) is 1. The fraction of sp³-hybridized carbons (Fsp3) is 0.312. The molecule has 0 fully saturated rings. The number of hydrogen-bond acceptors (Lipinski definition) is 5. The zero-order valence-electron chi connectivity index (χ0n) is 13.9. The molecule has 0 bridgehead atoms. The second-order valence-electron chi connectivity index (χ2n) is 5.04. The molecule has 2 rings (SSSR count). The van der Waals surface area contributed by atoms with Crippen LogP contribution in [0.3, 0.4) is 0 Å². The minimum atomic E-state index is -0.670. The van der Waals surface area contributed by atoms with Crippen LogP contribution in [0.5, 0.6) is 11.5 Å². The molecule has 2 aromatic heterocycles. The average molecular weight is 386 g/mol. The summed E-state index contributed by atoms with van der Waals surface area (Å²) in [7, 11) is 2.97. The van der Waals surface area contributed by atoms with E-state index in [1.54, 1.807) is 0 Å². The Morgan fingerprint density at radius 3 is 2.44 bits per heavy atom. The van der Waals surface area contributed by atoms with Crippen LogP contribution in [-0.2, 0) is 6.42 Å². The number of pyridine rings is 2. The number of halogens is 2. The Kier molecular flexibility index (Phi) is 6.27. The van der Waals surface area contributed by atoms with E-state index >= 15 is 0 Å². The smallest absolute Gasteiger partial charge is 0.300 e. The van der Waals surface area contributed by atoms with Gasteiger partial charge in [-0.2, -0.15) is 4.73 Å². The quantitative estimate of drug-likeness (QED) is 0.798. The summed E-state index contributed by atoms with van der Waals surface area (Å²) in [4.78, 5) is 20.6. The van der Waals surface area contributed by atoms with Crippen LogP contribution in [0.1, 0.15) is 29.4 Å². The molecule has 1 amide bonds. The summed E-state index contributed by atoms with van der Waals surface area (Å²) in [5.41, 5.74) is 0.763. The predicted octanol–water partition coefficient (Wildman–Crippen LogP) is 3.14. The van der Waals surface area contributed by atoms with Gasteiger partial charge in [0.05, 0.1) is 42.9 Å². The number of carbonyl (C=O) groups is 1. The summed E-state index contributed by atoms with van der Waals surface area (Å²) in [6.45, 7) is 2.00. The van der Waals surface area contributed by atoms with E-state index in [1.807, 2.05) is 6.92 Å². The standard InChI is InChI=1S/C16H17Cl2N3O4/c1-4-5-9-12(24-2)6-19-14(15(9)25-3)16(22)20-13-10(17)7-21(23)8-11(13)18/h6-8,23H,4-5H2,1-3H3. The molecule has 1 N–H and O–H groups in total. The molecule has 9 heteroatoms. The van der Waals surface area contributed by atoms with Crippen LogP contribution in [0.2, 0.25) is 10.0 Å². The van der Waals surface area contributed by atoms with E-state index in [0.29, 0.717) is 22.7 Å². The minimum Gasteiger partial charge on any atom is -0.495 e. The third-order valence-corrected chi connectivity index (χ3v) is 3.93. The van der Waals surface area contributed by atoms with Gasteiger partial charge in [0.15, 0.2) is 11.4 Å². The van der Waals surface area contributed by atoms with Crippen molar-refractivity contribution in [1.82, 2.24) is 9.71 Å². The minimum absolute atomic E-state index is 0.0182. The summed E-state index contributed by atoms with van der Waals surface area (Å²) in [5, 5.41) is 9.45. The highest BCUT2D eigenvalue weighted by Crippen LogP contribution is 2.32. The number of methoxy groups -OCH3 is 2. The zero-order valence-corrected chi connectivity index (χ0v) is 15.4. The molecular formula is C16H17Cl2N3O4. The van der Waals surface area contributed by atoms with Crippen LogP contribution in [-0.4, -0.2) is 35.0 Å². The van der Waals surface area contributed by atoms with Crippen molar-refractivity contribution in [3.05, 3.63) is 45.3 Å². The number of ether oxygens (including phenoxy) is 2. The number of rotatable bonds is 5. The Labute approximate surface area is 154 Å². The molecule has 0 unspecified atom stereocenters. The number of aromatic nitrogens is 2. The topological polar surface area (TPSA) is 85.9 Å². The van der Waals surface area contributed by atoms with Crippen molar-refractivity contribution in [2.75, 3.05) is 14.2 Å². The van der Waals surface area contributed by atoms with Gasteiger partial charge in [-0.3, -0.25) is 4.79 Å². The second kappa shape index (κ2) is 8.22.